The van der Waals surface area contributed by atoms with E-state index in [4.69, 9.17) is 24.5 Å². The number of nitrogens with one attached hydrogen (secondary N) is 1. The number of hydrogen-bond donors (Lipinski definition) is 3. The Labute approximate surface area is 135 Å². The highest BCUT2D eigenvalue weighted by Crippen LogP contribution is 2.27. The van der Waals surface area contributed by atoms with E-state index in [2.05, 4.69) is 5.32 Å². The first-order chi connectivity index (χ1) is 10.6. The maximum atomic E-state index is 12.0. The van der Waals surface area contributed by atoms with Crippen molar-refractivity contribution in [2.75, 3.05) is 26.2 Å². The molecule has 2 unspecified atom stereocenters. The predicted octanol–water partition coefficient (Wildman–Crippen LogP) is 1.01. The van der Waals surface area contributed by atoms with Gasteiger partial charge in [0.2, 0.25) is 0 Å². The van der Waals surface area contributed by atoms with Crippen LogP contribution in [0, 0.1) is 11.8 Å². The number of carbonyl (C=O) groups excluding carboxylic acids is 1. The van der Waals surface area contributed by atoms with Gasteiger partial charge < -0.3 is 25.2 Å². The number of carboxylic acid groups (broad SMARTS) is 2. The van der Waals surface area contributed by atoms with E-state index in [0.717, 1.165) is 38.5 Å². The third kappa shape index (κ3) is 6.85. The minimum absolute atomic E-state index is 0.148. The summed E-state index contributed by atoms with van der Waals surface area (Å²) in [5.41, 5.74) is -0.392. The highest BCUT2D eigenvalue weighted by Gasteiger charge is 2.33. The molecule has 0 radical (unpaired) electrons. The fourth-order valence-corrected chi connectivity index (χ4v) is 2.75. The molecule has 0 bridgehead atoms. The van der Waals surface area contributed by atoms with Crippen molar-refractivity contribution >= 4 is 18.0 Å². The average molecular weight is 330 g/mol. The van der Waals surface area contributed by atoms with Crippen LogP contribution < -0.4 is 5.32 Å². The predicted molar refractivity (Wildman–Crippen MR) is 82.2 cm³/mol. The Bertz CT molecular complexity index is 434. The van der Waals surface area contributed by atoms with Crippen LogP contribution in [0.2, 0.25) is 0 Å². The molecule has 2 rings (SSSR count). The lowest BCUT2D eigenvalue weighted by Crippen LogP contribution is -2.40. The van der Waals surface area contributed by atoms with Gasteiger partial charge in [-0.2, -0.15) is 0 Å². The van der Waals surface area contributed by atoms with E-state index >= 15 is 0 Å². The summed E-state index contributed by atoms with van der Waals surface area (Å²) in [6, 6.07) is 0. The number of ether oxygens (including phenoxy) is 1. The molecule has 8 heteroatoms. The molecule has 8 nitrogen and oxygen atoms in total. The normalized spacial score (nSPS) is 23.9. The minimum Gasteiger partial charge on any atom is -0.473 e. The molecular formula is C15H26N2O6. The zero-order valence-corrected chi connectivity index (χ0v) is 13.9. The standard InChI is InChI=1S/C13H24N2O2.C2H2O4/c1-13(2,3)17-12(16)15-6-4-5-10-7-14-8-11(10)9-15;3-1(4)2(5)6/h10-11,14H,4-9H2,1-3H3;(H,3,4)(H,5,6). The zero-order chi connectivity index (χ0) is 17.6. The van der Waals surface area contributed by atoms with Gasteiger partial charge in [0.15, 0.2) is 0 Å². The lowest BCUT2D eigenvalue weighted by Gasteiger charge is -2.28. The summed E-state index contributed by atoms with van der Waals surface area (Å²) >= 11 is 0. The highest BCUT2D eigenvalue weighted by atomic mass is 16.6. The van der Waals surface area contributed by atoms with Crippen LogP contribution in [0.25, 0.3) is 0 Å². The number of rotatable bonds is 0. The molecule has 2 heterocycles. The molecule has 2 saturated heterocycles. The molecule has 0 saturated carbocycles. The van der Waals surface area contributed by atoms with E-state index in [1.807, 2.05) is 25.7 Å². The number of amides is 1. The van der Waals surface area contributed by atoms with Crippen LogP contribution in [0.5, 0.6) is 0 Å². The monoisotopic (exact) mass is 330 g/mol. The Kier molecular flexibility index (Phi) is 6.80. The molecule has 0 aromatic heterocycles. The lowest BCUT2D eigenvalue weighted by atomic mass is 9.93. The SMILES string of the molecule is CC(C)(C)OC(=O)N1CCCC2CNCC2C1.O=C(O)C(=O)O. The van der Waals surface area contributed by atoms with Crippen LogP contribution >= 0.6 is 0 Å². The average Bonchev–Trinajstić information content (AvgIpc) is 2.74. The number of hydrogen-bond acceptors (Lipinski definition) is 5. The van der Waals surface area contributed by atoms with Crippen LogP contribution in [0.1, 0.15) is 33.6 Å². The summed E-state index contributed by atoms with van der Waals surface area (Å²) in [5.74, 6) is -2.28. The Balaban J connectivity index is 0.000000379. The van der Waals surface area contributed by atoms with E-state index < -0.39 is 17.5 Å². The van der Waals surface area contributed by atoms with Gasteiger partial charge in [-0.25, -0.2) is 14.4 Å². The van der Waals surface area contributed by atoms with Crippen LogP contribution in [0.15, 0.2) is 0 Å². The summed E-state index contributed by atoms with van der Waals surface area (Å²) < 4.78 is 5.45. The Hall–Kier alpha value is -1.83. The molecule has 2 atom stereocenters. The first-order valence-electron chi connectivity index (χ1n) is 7.75. The smallest absolute Gasteiger partial charge is 0.414 e. The Morgan fingerprint density at radius 3 is 2.17 bits per heavy atom. The minimum atomic E-state index is -1.82. The summed E-state index contributed by atoms with van der Waals surface area (Å²) in [5, 5.41) is 18.2. The van der Waals surface area contributed by atoms with Crippen molar-refractivity contribution in [2.45, 2.75) is 39.2 Å². The molecule has 1 amide bonds. The van der Waals surface area contributed by atoms with Crippen molar-refractivity contribution < 1.29 is 29.3 Å². The third-order valence-electron chi connectivity index (χ3n) is 3.77. The van der Waals surface area contributed by atoms with Gasteiger partial charge in [0, 0.05) is 13.1 Å². The third-order valence-corrected chi connectivity index (χ3v) is 3.77. The van der Waals surface area contributed by atoms with Gasteiger partial charge in [0.25, 0.3) is 0 Å². The van der Waals surface area contributed by atoms with Gasteiger partial charge in [-0.1, -0.05) is 0 Å². The van der Waals surface area contributed by atoms with Crippen molar-refractivity contribution in [3.05, 3.63) is 0 Å². The van der Waals surface area contributed by atoms with Crippen LogP contribution in [0.3, 0.4) is 0 Å². The van der Waals surface area contributed by atoms with Gasteiger partial charge in [-0.15, -0.1) is 0 Å². The van der Waals surface area contributed by atoms with Crippen LogP contribution in [-0.4, -0.2) is 64.9 Å². The maximum absolute atomic E-state index is 12.0. The molecule has 23 heavy (non-hydrogen) atoms. The summed E-state index contributed by atoms with van der Waals surface area (Å²) in [4.78, 5) is 32.1. The number of fused-ring (bicyclic) bond motifs is 1. The van der Waals surface area contributed by atoms with E-state index in [1.54, 1.807) is 0 Å². The quantitative estimate of drug-likeness (QED) is 0.567. The second kappa shape index (κ2) is 8.14. The molecule has 0 aliphatic carbocycles. The summed E-state index contributed by atoms with van der Waals surface area (Å²) in [6.07, 6.45) is 2.18. The van der Waals surface area contributed by atoms with Crippen molar-refractivity contribution in [2.24, 2.45) is 11.8 Å². The van der Waals surface area contributed by atoms with Gasteiger partial charge in [0.05, 0.1) is 0 Å². The Morgan fingerprint density at radius 1 is 1.09 bits per heavy atom. The second-order valence-corrected chi connectivity index (χ2v) is 6.86. The first kappa shape index (κ1) is 19.2. The largest absolute Gasteiger partial charge is 0.473 e. The summed E-state index contributed by atoms with van der Waals surface area (Å²) in [7, 11) is 0. The van der Waals surface area contributed by atoms with Crippen molar-refractivity contribution in [3.63, 3.8) is 0 Å². The molecule has 0 spiro atoms. The molecule has 3 N–H and O–H groups in total. The Morgan fingerprint density at radius 2 is 1.65 bits per heavy atom. The molecule has 2 aliphatic heterocycles. The number of nitrogens with zero attached hydrogens (tertiary/aromatic N) is 1. The second-order valence-electron chi connectivity index (χ2n) is 6.86. The van der Waals surface area contributed by atoms with E-state index in [9.17, 15) is 4.79 Å². The van der Waals surface area contributed by atoms with Crippen molar-refractivity contribution in [1.29, 1.82) is 0 Å². The van der Waals surface area contributed by atoms with Gasteiger partial charge in [-0.05, 0) is 58.5 Å². The van der Waals surface area contributed by atoms with E-state index in [-0.39, 0.29) is 6.09 Å². The summed E-state index contributed by atoms with van der Waals surface area (Å²) in [6.45, 7) is 9.62. The van der Waals surface area contributed by atoms with Crippen LogP contribution in [-0.2, 0) is 14.3 Å². The molecular weight excluding hydrogens is 304 g/mol. The van der Waals surface area contributed by atoms with Gasteiger partial charge in [-0.3, -0.25) is 0 Å². The molecule has 2 fully saturated rings. The van der Waals surface area contributed by atoms with Crippen molar-refractivity contribution in [1.82, 2.24) is 10.2 Å². The van der Waals surface area contributed by atoms with E-state index in [1.165, 1.54) is 6.42 Å². The number of likely N-dealkylation sites (tertiary alicyclic amines) is 1. The molecule has 0 aromatic rings. The van der Waals surface area contributed by atoms with Gasteiger partial charge >= 0.3 is 18.0 Å². The number of carboxylic acids is 2. The topological polar surface area (TPSA) is 116 Å². The molecule has 2 aliphatic rings. The molecule has 0 aromatic carbocycles. The van der Waals surface area contributed by atoms with E-state index in [0.29, 0.717) is 5.92 Å². The fraction of sp³-hybridized carbons (Fsp3) is 0.800. The maximum Gasteiger partial charge on any atom is 0.414 e. The number of aliphatic carboxylic acids is 2. The van der Waals surface area contributed by atoms with Crippen molar-refractivity contribution in [3.8, 4) is 0 Å². The lowest BCUT2D eigenvalue weighted by molar-refractivity contribution is -0.159. The number of carbonyl (C=O) groups is 3. The zero-order valence-electron chi connectivity index (χ0n) is 13.9. The highest BCUT2D eigenvalue weighted by molar-refractivity contribution is 6.27. The first-order valence-corrected chi connectivity index (χ1v) is 7.75. The van der Waals surface area contributed by atoms with Crippen LogP contribution in [0.4, 0.5) is 4.79 Å². The van der Waals surface area contributed by atoms with Gasteiger partial charge in [0.1, 0.15) is 5.60 Å². The fourth-order valence-electron chi connectivity index (χ4n) is 2.75. The molecule has 132 valence electrons.